The number of thioether (sulfide) groups is 1. The number of ether oxygens (including phenoxy) is 1. The topological polar surface area (TPSA) is 71.5 Å². The van der Waals surface area contributed by atoms with E-state index in [0.717, 1.165) is 17.3 Å². The van der Waals surface area contributed by atoms with Gasteiger partial charge in [0.2, 0.25) is 5.88 Å². The van der Waals surface area contributed by atoms with Crippen LogP contribution in [-0.2, 0) is 0 Å². The molecule has 0 saturated carbocycles. The zero-order valence-corrected chi connectivity index (χ0v) is 15.4. The second kappa shape index (κ2) is 7.69. The van der Waals surface area contributed by atoms with Crippen LogP contribution in [0.5, 0.6) is 5.88 Å². The van der Waals surface area contributed by atoms with E-state index in [2.05, 4.69) is 15.2 Å². The van der Waals surface area contributed by atoms with Gasteiger partial charge < -0.3 is 14.5 Å². The fourth-order valence-corrected chi connectivity index (χ4v) is 3.22. The molecule has 25 heavy (non-hydrogen) atoms. The molecule has 1 atom stereocenters. The van der Waals surface area contributed by atoms with E-state index in [1.165, 1.54) is 11.8 Å². The monoisotopic (exact) mass is 359 g/mol. The van der Waals surface area contributed by atoms with E-state index in [1.54, 1.807) is 18.3 Å². The van der Waals surface area contributed by atoms with Crippen LogP contribution < -0.4 is 9.64 Å². The van der Waals surface area contributed by atoms with E-state index in [4.69, 9.17) is 4.74 Å². The minimum Gasteiger partial charge on any atom is -0.471 e. The maximum atomic E-state index is 12.7. The highest BCUT2D eigenvalue weighted by Crippen LogP contribution is 2.23. The Morgan fingerprint density at radius 2 is 2.16 bits per heavy atom. The number of pyridine rings is 1. The minimum absolute atomic E-state index is 0.00223. The first kappa shape index (κ1) is 17.5. The number of aromatic nitrogens is 3. The van der Waals surface area contributed by atoms with Crippen LogP contribution in [0.2, 0.25) is 0 Å². The number of rotatable bonds is 5. The minimum atomic E-state index is -0.0714. The molecular weight excluding hydrogens is 338 g/mol. The fraction of sp³-hybridized carbons (Fsp3) is 0.412. The molecule has 1 aliphatic heterocycles. The summed E-state index contributed by atoms with van der Waals surface area (Å²) in [6.07, 6.45) is 4.33. The first-order valence-electron chi connectivity index (χ1n) is 8.04. The van der Waals surface area contributed by atoms with E-state index in [1.807, 2.05) is 42.3 Å². The third kappa shape index (κ3) is 4.01. The molecule has 1 aliphatic rings. The molecule has 1 unspecified atom stereocenters. The molecule has 0 aromatic carbocycles. The predicted octanol–water partition coefficient (Wildman–Crippen LogP) is 1.95. The molecule has 8 heteroatoms. The van der Waals surface area contributed by atoms with Gasteiger partial charge in [-0.1, -0.05) is 0 Å². The summed E-state index contributed by atoms with van der Waals surface area (Å²) >= 11 is 1.48. The number of anilines is 1. The van der Waals surface area contributed by atoms with Gasteiger partial charge in [-0.05, 0) is 24.5 Å². The van der Waals surface area contributed by atoms with Gasteiger partial charge in [0.15, 0.2) is 5.82 Å². The van der Waals surface area contributed by atoms with Gasteiger partial charge in [-0.2, -0.15) is 0 Å². The third-order valence-electron chi connectivity index (χ3n) is 4.00. The smallest absolute Gasteiger partial charge is 0.256 e. The highest BCUT2D eigenvalue weighted by atomic mass is 32.2. The lowest BCUT2D eigenvalue weighted by Gasteiger charge is -2.18. The van der Waals surface area contributed by atoms with Crippen molar-refractivity contribution in [3.05, 3.63) is 36.0 Å². The standard InChI is InChI=1S/C17H21N5O2S/c1-21(2)14-6-7-15(20-19-14)24-12-8-10-22(11-12)17(23)13-5-4-9-18-16(13)25-3/h4-7,9,12H,8,10-11H2,1-3H3. The summed E-state index contributed by atoms with van der Waals surface area (Å²) in [6, 6.07) is 7.28. The molecule has 0 spiro atoms. The Hall–Kier alpha value is -2.35. The number of hydrogen-bond acceptors (Lipinski definition) is 7. The van der Waals surface area contributed by atoms with Crippen molar-refractivity contribution in [2.45, 2.75) is 17.6 Å². The summed E-state index contributed by atoms with van der Waals surface area (Å²) in [6.45, 7) is 1.20. The molecule has 1 fully saturated rings. The van der Waals surface area contributed by atoms with Crippen LogP contribution in [-0.4, -0.2) is 65.5 Å². The molecule has 1 amide bonds. The quantitative estimate of drug-likeness (QED) is 0.756. The molecular formula is C17H21N5O2S. The molecule has 2 aromatic heterocycles. The van der Waals surface area contributed by atoms with E-state index in [9.17, 15) is 4.79 Å². The Bertz CT molecular complexity index is 738. The lowest BCUT2D eigenvalue weighted by molar-refractivity contribution is 0.0766. The van der Waals surface area contributed by atoms with Crippen molar-refractivity contribution in [3.8, 4) is 5.88 Å². The summed E-state index contributed by atoms with van der Waals surface area (Å²) in [5, 5.41) is 8.94. The number of amides is 1. The van der Waals surface area contributed by atoms with Crippen molar-refractivity contribution in [2.75, 3.05) is 38.3 Å². The SMILES string of the molecule is CSc1ncccc1C(=O)N1CCC(Oc2ccc(N(C)C)nn2)C1. The van der Waals surface area contributed by atoms with Crippen molar-refractivity contribution in [2.24, 2.45) is 0 Å². The second-order valence-electron chi connectivity index (χ2n) is 5.96. The summed E-state index contributed by atoms with van der Waals surface area (Å²) in [5.41, 5.74) is 0.644. The first-order chi connectivity index (χ1) is 12.1. The van der Waals surface area contributed by atoms with Gasteiger partial charge in [0.05, 0.1) is 12.1 Å². The van der Waals surface area contributed by atoms with Crippen LogP contribution in [0.4, 0.5) is 5.82 Å². The van der Waals surface area contributed by atoms with Crippen LogP contribution in [0.15, 0.2) is 35.5 Å². The van der Waals surface area contributed by atoms with E-state index in [-0.39, 0.29) is 12.0 Å². The van der Waals surface area contributed by atoms with Gasteiger partial charge in [0, 0.05) is 39.3 Å². The Balaban J connectivity index is 1.62. The van der Waals surface area contributed by atoms with Crippen LogP contribution >= 0.6 is 11.8 Å². The molecule has 0 aliphatic carbocycles. The molecule has 0 bridgehead atoms. The van der Waals surface area contributed by atoms with Crippen molar-refractivity contribution in [3.63, 3.8) is 0 Å². The van der Waals surface area contributed by atoms with Crippen molar-refractivity contribution in [1.29, 1.82) is 0 Å². The van der Waals surface area contributed by atoms with Crippen LogP contribution in [0, 0.1) is 0 Å². The van der Waals surface area contributed by atoms with Crippen molar-refractivity contribution in [1.82, 2.24) is 20.1 Å². The third-order valence-corrected chi connectivity index (χ3v) is 4.71. The summed E-state index contributed by atoms with van der Waals surface area (Å²) in [7, 11) is 3.82. The second-order valence-corrected chi connectivity index (χ2v) is 6.76. The highest BCUT2D eigenvalue weighted by Gasteiger charge is 2.29. The predicted molar refractivity (Wildman–Crippen MR) is 97.3 cm³/mol. The van der Waals surface area contributed by atoms with Gasteiger partial charge in [-0.15, -0.1) is 22.0 Å². The Morgan fingerprint density at radius 3 is 2.84 bits per heavy atom. The van der Waals surface area contributed by atoms with Gasteiger partial charge in [0.25, 0.3) is 5.91 Å². The van der Waals surface area contributed by atoms with Crippen molar-refractivity contribution >= 4 is 23.5 Å². The summed E-state index contributed by atoms with van der Waals surface area (Å²) < 4.78 is 5.88. The van der Waals surface area contributed by atoms with Gasteiger partial charge in [0.1, 0.15) is 11.1 Å². The number of hydrogen-bond donors (Lipinski definition) is 0. The zero-order chi connectivity index (χ0) is 17.8. The average molecular weight is 359 g/mol. The van der Waals surface area contributed by atoms with Crippen LogP contribution in [0.1, 0.15) is 16.8 Å². The summed E-state index contributed by atoms with van der Waals surface area (Å²) in [5.74, 6) is 1.26. The Morgan fingerprint density at radius 1 is 1.32 bits per heavy atom. The lowest BCUT2D eigenvalue weighted by atomic mass is 10.2. The molecule has 3 rings (SSSR count). The van der Waals surface area contributed by atoms with Gasteiger partial charge in [-0.3, -0.25) is 4.79 Å². The molecule has 2 aromatic rings. The zero-order valence-electron chi connectivity index (χ0n) is 14.5. The maximum absolute atomic E-state index is 12.7. The largest absolute Gasteiger partial charge is 0.471 e. The molecule has 132 valence electrons. The van der Waals surface area contributed by atoms with Gasteiger partial charge in [-0.25, -0.2) is 4.98 Å². The van der Waals surface area contributed by atoms with Gasteiger partial charge >= 0.3 is 0 Å². The molecule has 3 heterocycles. The number of nitrogens with zero attached hydrogens (tertiary/aromatic N) is 5. The van der Waals surface area contributed by atoms with Crippen molar-refractivity contribution < 1.29 is 9.53 Å². The molecule has 0 N–H and O–H groups in total. The molecule has 0 radical (unpaired) electrons. The lowest BCUT2D eigenvalue weighted by Crippen LogP contribution is -2.31. The first-order valence-corrected chi connectivity index (χ1v) is 9.27. The Labute approximate surface area is 151 Å². The van der Waals surface area contributed by atoms with Crippen LogP contribution in [0.25, 0.3) is 0 Å². The normalized spacial score (nSPS) is 16.8. The van der Waals surface area contributed by atoms with Crippen LogP contribution in [0.3, 0.4) is 0 Å². The molecule has 1 saturated heterocycles. The highest BCUT2D eigenvalue weighted by molar-refractivity contribution is 7.98. The maximum Gasteiger partial charge on any atom is 0.256 e. The van der Waals surface area contributed by atoms with E-state index in [0.29, 0.717) is 24.5 Å². The number of carbonyl (C=O) groups is 1. The average Bonchev–Trinajstić information content (AvgIpc) is 3.10. The Kier molecular flexibility index (Phi) is 5.37. The number of carbonyl (C=O) groups excluding carboxylic acids is 1. The van der Waals surface area contributed by atoms with E-state index < -0.39 is 0 Å². The number of likely N-dealkylation sites (tertiary alicyclic amines) is 1. The van der Waals surface area contributed by atoms with E-state index >= 15 is 0 Å². The summed E-state index contributed by atoms with van der Waals surface area (Å²) in [4.78, 5) is 20.7. The fourth-order valence-electron chi connectivity index (χ4n) is 2.68. The molecule has 7 nitrogen and oxygen atoms in total.